The van der Waals surface area contributed by atoms with Crippen LogP contribution in [0, 0.1) is 0 Å². The van der Waals surface area contributed by atoms with Crippen LogP contribution in [-0.2, 0) is 0 Å². The Balaban J connectivity index is 3.72. The lowest BCUT2D eigenvalue weighted by Gasteiger charge is -1.91. The van der Waals surface area contributed by atoms with Crippen LogP contribution < -0.4 is 0 Å². The molecule has 0 aromatic rings. The highest BCUT2D eigenvalue weighted by Crippen LogP contribution is 2.09. The zero-order valence-electron chi connectivity index (χ0n) is 4.53. The van der Waals surface area contributed by atoms with Crippen LogP contribution >= 0.6 is 15.9 Å². The molecule has 0 heterocycles. The second-order valence-corrected chi connectivity index (χ2v) is 2.52. The summed E-state index contributed by atoms with van der Waals surface area (Å²) in [4.78, 5) is 0. The van der Waals surface area contributed by atoms with Gasteiger partial charge in [0.25, 0.3) is 0 Å². The fraction of sp³-hybridized carbons (Fsp3) is 0.600. The Morgan fingerprint density at radius 3 is 2.14 bits per heavy atom. The third-order valence-corrected chi connectivity index (χ3v) is 1.19. The van der Waals surface area contributed by atoms with Crippen molar-refractivity contribution in [1.82, 2.24) is 0 Å². The van der Waals surface area contributed by atoms with Gasteiger partial charge in [0.1, 0.15) is 5.76 Å². The molecule has 0 aromatic carbocycles. The Morgan fingerprint density at radius 1 is 1.71 bits per heavy atom. The van der Waals surface area contributed by atoms with Crippen molar-refractivity contribution in [3.05, 3.63) is 10.2 Å². The maximum absolute atomic E-state index is 8.77. The predicted octanol–water partition coefficient (Wildman–Crippen LogP) is 2.58. The number of hydrogen-bond acceptors (Lipinski definition) is 1. The summed E-state index contributed by atoms with van der Waals surface area (Å²) in [5.41, 5.74) is 0. The summed E-state index contributed by atoms with van der Waals surface area (Å²) < 4.78 is 0.829. The van der Waals surface area contributed by atoms with Crippen LogP contribution in [0.2, 0.25) is 0 Å². The largest absolute Gasteiger partial charge is 0.512 e. The zero-order valence-corrected chi connectivity index (χ0v) is 6.12. The van der Waals surface area contributed by atoms with Crippen LogP contribution in [0.4, 0.5) is 0 Å². The Kier molecular flexibility index (Phi) is 3.09. The van der Waals surface area contributed by atoms with Gasteiger partial charge in [-0.2, -0.15) is 0 Å². The molecule has 0 bridgehead atoms. The first-order valence-corrected chi connectivity index (χ1v) is 3.02. The van der Waals surface area contributed by atoms with Gasteiger partial charge < -0.3 is 5.11 Å². The van der Waals surface area contributed by atoms with E-state index in [-0.39, 0.29) is 0 Å². The number of halogens is 1. The molecular weight excluding hydrogens is 156 g/mol. The molecule has 0 aliphatic carbocycles. The molecule has 1 nitrogen and oxygen atoms in total. The van der Waals surface area contributed by atoms with Crippen molar-refractivity contribution in [3.8, 4) is 0 Å². The molecule has 0 saturated carbocycles. The van der Waals surface area contributed by atoms with Gasteiger partial charge in [0.05, 0.1) is 0 Å². The SMILES string of the molecule is CCC(O)=C(C)Br. The summed E-state index contributed by atoms with van der Waals surface area (Å²) in [6.45, 7) is 3.72. The standard InChI is InChI=1S/C5H9BrO/c1-3-5(7)4(2)6/h7H,3H2,1-2H3. The molecule has 0 fully saturated rings. The summed E-state index contributed by atoms with van der Waals surface area (Å²) in [5, 5.41) is 8.77. The van der Waals surface area contributed by atoms with Crippen molar-refractivity contribution >= 4 is 15.9 Å². The first kappa shape index (κ1) is 7.02. The topological polar surface area (TPSA) is 20.2 Å². The van der Waals surface area contributed by atoms with Crippen molar-refractivity contribution in [1.29, 1.82) is 0 Å². The summed E-state index contributed by atoms with van der Waals surface area (Å²) in [7, 11) is 0. The minimum absolute atomic E-state index is 0.431. The second-order valence-electron chi connectivity index (χ2n) is 1.33. The average Bonchev–Trinajstić information content (AvgIpc) is 1.65. The molecule has 42 valence electrons. The Morgan fingerprint density at radius 2 is 2.14 bits per heavy atom. The van der Waals surface area contributed by atoms with E-state index in [1.165, 1.54) is 0 Å². The normalized spacial score (nSPS) is 13.6. The van der Waals surface area contributed by atoms with Crippen LogP contribution in [0.1, 0.15) is 20.3 Å². The monoisotopic (exact) mass is 164 g/mol. The lowest BCUT2D eigenvalue weighted by molar-refractivity contribution is 0.392. The van der Waals surface area contributed by atoms with Crippen LogP contribution in [0.5, 0.6) is 0 Å². The molecule has 2 heteroatoms. The van der Waals surface area contributed by atoms with Crippen molar-refractivity contribution in [2.24, 2.45) is 0 Å². The van der Waals surface area contributed by atoms with Gasteiger partial charge in [0.15, 0.2) is 0 Å². The van der Waals surface area contributed by atoms with Crippen molar-refractivity contribution in [3.63, 3.8) is 0 Å². The van der Waals surface area contributed by atoms with Crippen molar-refractivity contribution in [2.45, 2.75) is 20.3 Å². The summed E-state index contributed by atoms with van der Waals surface area (Å²) in [5.74, 6) is 0.431. The van der Waals surface area contributed by atoms with E-state index >= 15 is 0 Å². The minimum Gasteiger partial charge on any atom is -0.512 e. The highest BCUT2D eigenvalue weighted by Gasteiger charge is 1.88. The van der Waals surface area contributed by atoms with Gasteiger partial charge >= 0.3 is 0 Å². The summed E-state index contributed by atoms with van der Waals surface area (Å²) in [6, 6.07) is 0. The Bertz CT molecular complexity index is 82.1. The molecule has 0 rings (SSSR count). The molecule has 0 unspecified atom stereocenters. The highest BCUT2D eigenvalue weighted by atomic mass is 79.9. The molecule has 0 aliphatic heterocycles. The van der Waals surface area contributed by atoms with E-state index in [9.17, 15) is 0 Å². The summed E-state index contributed by atoms with van der Waals surface area (Å²) in [6.07, 6.45) is 0.705. The predicted molar refractivity (Wildman–Crippen MR) is 34.5 cm³/mol. The van der Waals surface area contributed by atoms with E-state index in [1.807, 2.05) is 13.8 Å². The third kappa shape index (κ3) is 2.68. The van der Waals surface area contributed by atoms with Gasteiger partial charge in [-0.25, -0.2) is 0 Å². The van der Waals surface area contributed by atoms with Crippen LogP contribution in [0.3, 0.4) is 0 Å². The van der Waals surface area contributed by atoms with Crippen LogP contribution in [-0.4, -0.2) is 5.11 Å². The average molecular weight is 165 g/mol. The molecule has 0 atom stereocenters. The highest BCUT2D eigenvalue weighted by molar-refractivity contribution is 9.11. The van der Waals surface area contributed by atoms with Gasteiger partial charge in [-0.05, 0) is 6.92 Å². The number of allylic oxidation sites excluding steroid dienone is 2. The fourth-order valence-corrected chi connectivity index (χ4v) is 0.524. The third-order valence-electron chi connectivity index (χ3n) is 0.733. The van der Waals surface area contributed by atoms with Crippen molar-refractivity contribution in [2.75, 3.05) is 0 Å². The van der Waals surface area contributed by atoms with E-state index in [0.29, 0.717) is 12.2 Å². The Labute approximate surface area is 52.2 Å². The van der Waals surface area contributed by atoms with E-state index in [1.54, 1.807) is 0 Å². The van der Waals surface area contributed by atoms with E-state index < -0.39 is 0 Å². The molecule has 7 heavy (non-hydrogen) atoms. The van der Waals surface area contributed by atoms with E-state index in [0.717, 1.165) is 4.48 Å². The first-order chi connectivity index (χ1) is 3.18. The second kappa shape index (κ2) is 3.08. The maximum Gasteiger partial charge on any atom is 0.102 e. The van der Waals surface area contributed by atoms with Gasteiger partial charge in [-0.15, -0.1) is 0 Å². The maximum atomic E-state index is 8.77. The van der Waals surface area contributed by atoms with Gasteiger partial charge in [0.2, 0.25) is 0 Å². The Hall–Kier alpha value is 0.0200. The van der Waals surface area contributed by atoms with Crippen LogP contribution in [0.15, 0.2) is 10.2 Å². The van der Waals surface area contributed by atoms with E-state index in [4.69, 9.17) is 5.11 Å². The molecule has 0 radical (unpaired) electrons. The molecule has 0 aliphatic rings. The number of aliphatic hydroxyl groups excluding tert-OH is 1. The molecular formula is C5H9BrO. The molecule has 0 saturated heterocycles. The van der Waals surface area contributed by atoms with Gasteiger partial charge in [-0.3, -0.25) is 0 Å². The van der Waals surface area contributed by atoms with Gasteiger partial charge in [-0.1, -0.05) is 22.9 Å². The van der Waals surface area contributed by atoms with Crippen molar-refractivity contribution < 1.29 is 5.11 Å². The number of rotatable bonds is 1. The lowest BCUT2D eigenvalue weighted by atomic mass is 10.4. The number of hydrogen-bond donors (Lipinski definition) is 1. The first-order valence-electron chi connectivity index (χ1n) is 2.22. The van der Waals surface area contributed by atoms with Crippen LogP contribution in [0.25, 0.3) is 0 Å². The minimum atomic E-state index is 0.431. The zero-order chi connectivity index (χ0) is 5.86. The quantitative estimate of drug-likeness (QED) is 0.592. The molecule has 1 N–H and O–H groups in total. The fourth-order valence-electron chi connectivity index (χ4n) is 0.244. The molecule has 0 spiro atoms. The molecule has 0 amide bonds. The smallest absolute Gasteiger partial charge is 0.102 e. The van der Waals surface area contributed by atoms with Gasteiger partial charge in [0, 0.05) is 10.9 Å². The number of aliphatic hydroxyl groups is 1. The molecule has 0 aromatic heterocycles. The lowest BCUT2D eigenvalue weighted by Crippen LogP contribution is -1.75. The van der Waals surface area contributed by atoms with E-state index in [2.05, 4.69) is 15.9 Å². The summed E-state index contributed by atoms with van der Waals surface area (Å²) >= 11 is 3.13.